The molecule has 10 nitrogen and oxygen atoms in total. The summed E-state index contributed by atoms with van der Waals surface area (Å²) in [6.45, 7) is 5.87. The maximum absolute atomic E-state index is 9.10. The number of piperazine rings is 1. The molecule has 1 aliphatic rings. The molecule has 10 heteroatoms. The maximum atomic E-state index is 9.10. The van der Waals surface area contributed by atoms with Crippen LogP contribution >= 0.6 is 0 Å². The molecule has 5 rings (SSSR count). The molecule has 0 atom stereocenters. The molecule has 0 unspecified atom stereocenters. The molecule has 4 aromatic heterocycles. The third-order valence-electron chi connectivity index (χ3n) is 5.31. The van der Waals surface area contributed by atoms with Crippen molar-refractivity contribution in [1.29, 1.82) is 0 Å². The fourth-order valence-corrected chi connectivity index (χ4v) is 3.72. The molecule has 1 fully saturated rings. The lowest BCUT2D eigenvalue weighted by atomic mass is 10.2. The molecular formula is C20H23N9O. The van der Waals surface area contributed by atoms with E-state index in [0.29, 0.717) is 6.54 Å². The zero-order valence-corrected chi connectivity index (χ0v) is 16.8. The van der Waals surface area contributed by atoms with Gasteiger partial charge in [-0.2, -0.15) is 10.2 Å². The lowest BCUT2D eigenvalue weighted by Crippen LogP contribution is -2.47. The second-order valence-electron chi connectivity index (χ2n) is 7.39. The van der Waals surface area contributed by atoms with E-state index in [-0.39, 0.29) is 6.61 Å². The average Bonchev–Trinajstić information content (AvgIpc) is 3.41. The van der Waals surface area contributed by atoms with Gasteiger partial charge in [-0.1, -0.05) is 0 Å². The first-order valence-electron chi connectivity index (χ1n) is 9.97. The van der Waals surface area contributed by atoms with Crippen molar-refractivity contribution < 1.29 is 5.11 Å². The first-order chi connectivity index (χ1) is 14.7. The van der Waals surface area contributed by atoms with E-state index < -0.39 is 0 Å². The van der Waals surface area contributed by atoms with Crippen molar-refractivity contribution in [1.82, 2.24) is 34.3 Å². The molecule has 0 aromatic carbocycles. The van der Waals surface area contributed by atoms with Crippen LogP contribution in [0.5, 0.6) is 0 Å². The van der Waals surface area contributed by atoms with Gasteiger partial charge in [-0.15, -0.1) is 0 Å². The predicted octanol–water partition coefficient (Wildman–Crippen LogP) is 1.01. The van der Waals surface area contributed by atoms with Crippen LogP contribution in [0.3, 0.4) is 0 Å². The monoisotopic (exact) mass is 405 g/mol. The van der Waals surface area contributed by atoms with Crippen LogP contribution in [0, 0.1) is 6.92 Å². The summed E-state index contributed by atoms with van der Waals surface area (Å²) in [7, 11) is 0. The summed E-state index contributed by atoms with van der Waals surface area (Å²) in [6, 6.07) is 2.09. The third kappa shape index (κ3) is 3.45. The summed E-state index contributed by atoms with van der Waals surface area (Å²) >= 11 is 0. The Morgan fingerprint density at radius 2 is 1.67 bits per heavy atom. The number of hydrogen-bond donors (Lipinski definition) is 1. The van der Waals surface area contributed by atoms with Crippen LogP contribution in [0.25, 0.3) is 16.6 Å². The van der Waals surface area contributed by atoms with Crippen molar-refractivity contribution in [2.45, 2.75) is 13.5 Å². The van der Waals surface area contributed by atoms with Crippen molar-refractivity contribution in [2.24, 2.45) is 0 Å². The van der Waals surface area contributed by atoms with E-state index in [1.807, 2.05) is 36.2 Å². The smallest absolute Gasteiger partial charge is 0.225 e. The van der Waals surface area contributed by atoms with Gasteiger partial charge in [0.1, 0.15) is 11.8 Å². The Labute approximate surface area is 173 Å². The van der Waals surface area contributed by atoms with Gasteiger partial charge in [0.2, 0.25) is 5.95 Å². The molecule has 0 radical (unpaired) electrons. The molecule has 154 valence electrons. The standard InChI is InChI=1S/C20H23N9O/c1-15-9-21-20(22-10-15)27-4-2-26(3-5-27)19-18-8-16(13-29(18)25-14-23-19)17-11-24-28(12-17)6-7-30/h8-14,30H,2-7H2,1H3. The van der Waals surface area contributed by atoms with Gasteiger partial charge in [-0.3, -0.25) is 4.68 Å². The summed E-state index contributed by atoms with van der Waals surface area (Å²) in [5.41, 5.74) is 4.03. The molecule has 0 spiro atoms. The van der Waals surface area contributed by atoms with Crippen molar-refractivity contribution in [3.8, 4) is 11.1 Å². The first kappa shape index (κ1) is 18.5. The van der Waals surface area contributed by atoms with Crippen LogP contribution in [0.2, 0.25) is 0 Å². The molecule has 1 aliphatic heterocycles. The highest BCUT2D eigenvalue weighted by atomic mass is 16.3. The Balaban J connectivity index is 1.37. The Bertz CT molecular complexity index is 1140. The summed E-state index contributed by atoms with van der Waals surface area (Å²) in [4.78, 5) is 17.9. The summed E-state index contributed by atoms with van der Waals surface area (Å²) in [5, 5.41) is 17.8. The SMILES string of the molecule is Cc1cnc(N2CCN(c3ncnn4cc(-c5cnn(CCO)c5)cc34)CC2)nc1. The molecule has 5 heterocycles. The average molecular weight is 405 g/mol. The first-order valence-corrected chi connectivity index (χ1v) is 9.97. The third-order valence-corrected chi connectivity index (χ3v) is 5.31. The van der Waals surface area contributed by atoms with E-state index in [0.717, 1.165) is 60.2 Å². The summed E-state index contributed by atoms with van der Waals surface area (Å²) in [6.07, 6.45) is 11.0. The van der Waals surface area contributed by atoms with Gasteiger partial charge < -0.3 is 14.9 Å². The summed E-state index contributed by atoms with van der Waals surface area (Å²) in [5.74, 6) is 1.70. The Morgan fingerprint density at radius 3 is 2.43 bits per heavy atom. The van der Waals surface area contributed by atoms with Crippen molar-refractivity contribution >= 4 is 17.3 Å². The highest BCUT2D eigenvalue weighted by Gasteiger charge is 2.22. The van der Waals surface area contributed by atoms with Crippen LogP contribution in [0.4, 0.5) is 11.8 Å². The Hall–Kier alpha value is -3.53. The number of rotatable bonds is 5. The van der Waals surface area contributed by atoms with Crippen molar-refractivity contribution in [3.63, 3.8) is 0 Å². The van der Waals surface area contributed by atoms with E-state index in [2.05, 4.69) is 41.0 Å². The van der Waals surface area contributed by atoms with E-state index >= 15 is 0 Å². The van der Waals surface area contributed by atoms with Gasteiger partial charge in [-0.05, 0) is 18.6 Å². The zero-order valence-electron chi connectivity index (χ0n) is 16.8. The van der Waals surface area contributed by atoms with Gasteiger partial charge in [-0.25, -0.2) is 19.5 Å². The number of anilines is 2. The molecule has 0 amide bonds. The minimum absolute atomic E-state index is 0.0636. The topological polar surface area (TPSA) is 100 Å². The van der Waals surface area contributed by atoms with Crippen molar-refractivity contribution in [3.05, 3.63) is 48.9 Å². The number of fused-ring (bicyclic) bond motifs is 1. The number of nitrogens with zero attached hydrogens (tertiary/aromatic N) is 9. The van der Waals surface area contributed by atoms with E-state index in [9.17, 15) is 0 Å². The second-order valence-corrected chi connectivity index (χ2v) is 7.39. The van der Waals surface area contributed by atoms with Crippen LogP contribution < -0.4 is 9.80 Å². The molecule has 0 aliphatic carbocycles. The molecule has 0 bridgehead atoms. The van der Waals surface area contributed by atoms with Crippen LogP contribution in [-0.2, 0) is 6.54 Å². The number of aryl methyl sites for hydroxylation is 1. The minimum Gasteiger partial charge on any atom is -0.394 e. The summed E-state index contributed by atoms with van der Waals surface area (Å²) < 4.78 is 3.59. The maximum Gasteiger partial charge on any atom is 0.225 e. The molecule has 30 heavy (non-hydrogen) atoms. The zero-order chi connectivity index (χ0) is 20.5. The minimum atomic E-state index is 0.0636. The lowest BCUT2D eigenvalue weighted by Gasteiger charge is -2.35. The molecule has 4 aromatic rings. The molecule has 0 saturated carbocycles. The largest absolute Gasteiger partial charge is 0.394 e. The van der Waals surface area contributed by atoms with Crippen LogP contribution in [-0.4, -0.2) is 72.2 Å². The number of aliphatic hydroxyl groups is 1. The van der Waals surface area contributed by atoms with Gasteiger partial charge in [0.15, 0.2) is 5.82 Å². The Morgan fingerprint density at radius 1 is 0.900 bits per heavy atom. The van der Waals surface area contributed by atoms with Gasteiger partial charge in [0.25, 0.3) is 0 Å². The Kier molecular flexibility index (Phi) is 4.75. The van der Waals surface area contributed by atoms with Crippen molar-refractivity contribution in [2.75, 3.05) is 42.6 Å². The molecule has 1 N–H and O–H groups in total. The number of hydrogen-bond acceptors (Lipinski definition) is 8. The van der Waals surface area contributed by atoms with Gasteiger partial charge in [0.05, 0.1) is 19.3 Å². The normalized spacial score (nSPS) is 14.6. The predicted molar refractivity (Wildman–Crippen MR) is 112 cm³/mol. The fraction of sp³-hybridized carbons (Fsp3) is 0.350. The van der Waals surface area contributed by atoms with E-state index in [1.165, 1.54) is 0 Å². The number of aliphatic hydroxyl groups excluding tert-OH is 1. The van der Waals surface area contributed by atoms with Crippen LogP contribution in [0.15, 0.2) is 43.4 Å². The van der Waals surface area contributed by atoms with Gasteiger partial charge in [0, 0.05) is 62.1 Å². The van der Waals surface area contributed by atoms with Gasteiger partial charge >= 0.3 is 0 Å². The molecular weight excluding hydrogens is 382 g/mol. The number of aromatic nitrogens is 7. The fourth-order valence-electron chi connectivity index (χ4n) is 3.72. The lowest BCUT2D eigenvalue weighted by molar-refractivity contribution is 0.269. The van der Waals surface area contributed by atoms with Crippen LogP contribution in [0.1, 0.15) is 5.56 Å². The van der Waals surface area contributed by atoms with E-state index in [1.54, 1.807) is 17.2 Å². The molecule has 1 saturated heterocycles. The second kappa shape index (κ2) is 7.71. The quantitative estimate of drug-likeness (QED) is 0.525. The highest BCUT2D eigenvalue weighted by molar-refractivity contribution is 5.77. The van der Waals surface area contributed by atoms with E-state index in [4.69, 9.17) is 5.11 Å². The highest BCUT2D eigenvalue weighted by Crippen LogP contribution is 2.27.